The molecule has 0 aromatic carbocycles. The molecule has 13 heteroatoms. The lowest BCUT2D eigenvalue weighted by Crippen LogP contribution is -2.46. The van der Waals surface area contributed by atoms with Crippen LogP contribution in [0.3, 0.4) is 0 Å². The van der Waals surface area contributed by atoms with E-state index in [1.165, 1.54) is 12.4 Å². The molecule has 0 radical (unpaired) electrons. The molecule has 0 aliphatic carbocycles. The van der Waals surface area contributed by atoms with Crippen LogP contribution in [0.1, 0.15) is 75.5 Å². The lowest BCUT2D eigenvalue weighted by atomic mass is 10.0. The summed E-state index contributed by atoms with van der Waals surface area (Å²) in [6, 6.07) is 1.37. The number of rotatable bonds is 5. The second kappa shape index (κ2) is 11.4. The van der Waals surface area contributed by atoms with Crippen molar-refractivity contribution in [2.45, 2.75) is 117 Å². The van der Waals surface area contributed by atoms with Crippen LogP contribution in [0.2, 0.25) is 23.3 Å². The smallest absolute Gasteiger partial charge is 0.424 e. The number of imidazole rings is 1. The van der Waals surface area contributed by atoms with E-state index in [1.54, 1.807) is 46.1 Å². The number of carbonyl (C=O) groups is 2. The molecule has 0 spiro atoms. The number of aliphatic hydroxyl groups is 1. The highest BCUT2D eigenvalue weighted by Gasteiger charge is 2.49. The van der Waals surface area contributed by atoms with Crippen LogP contribution in [-0.2, 0) is 18.6 Å². The maximum atomic E-state index is 13.4. The van der Waals surface area contributed by atoms with Gasteiger partial charge in [-0.2, -0.15) is 4.90 Å². The van der Waals surface area contributed by atoms with Crippen molar-refractivity contribution in [2.75, 3.05) is 11.5 Å². The van der Waals surface area contributed by atoms with E-state index in [0.717, 1.165) is 4.90 Å². The lowest BCUT2D eigenvalue weighted by molar-refractivity contribution is -0.0467. The molecular formula is C28H45ClN4O7Si. The fraction of sp³-hybridized carbons (Fsp3) is 0.714. The van der Waals surface area contributed by atoms with Crippen LogP contribution in [0, 0.1) is 5.92 Å². The number of pyridine rings is 1. The lowest BCUT2D eigenvalue weighted by Gasteiger charge is -2.40. The van der Waals surface area contributed by atoms with Gasteiger partial charge in [-0.25, -0.2) is 19.6 Å². The number of hydrogen-bond acceptors (Lipinski definition) is 9. The molecule has 1 aliphatic rings. The van der Waals surface area contributed by atoms with Gasteiger partial charge in [-0.1, -0.05) is 39.3 Å². The molecule has 2 amide bonds. The van der Waals surface area contributed by atoms with Crippen LogP contribution in [0.15, 0.2) is 12.4 Å². The Kier molecular flexibility index (Phi) is 9.28. The SMILES string of the molecule is C[C@@H]1[C@@H](O[Si](C)(C)C(C)(C)C)[C@H](n2cnc3c(N(C(=O)OC(C)(C)C)C(=O)OC(C)(C)C)cc(Cl)nc32)O[C@@H]1CO. The van der Waals surface area contributed by atoms with Crippen LogP contribution in [0.4, 0.5) is 15.3 Å². The fourth-order valence-corrected chi connectivity index (χ4v) is 5.72. The zero-order valence-corrected chi connectivity index (χ0v) is 28.0. The molecule has 1 saturated heterocycles. The average molecular weight is 613 g/mol. The Labute approximate surface area is 248 Å². The van der Waals surface area contributed by atoms with Gasteiger partial charge < -0.3 is 23.7 Å². The van der Waals surface area contributed by atoms with Crippen LogP contribution < -0.4 is 4.90 Å². The highest BCUT2D eigenvalue weighted by molar-refractivity contribution is 6.74. The molecule has 41 heavy (non-hydrogen) atoms. The predicted octanol–water partition coefficient (Wildman–Crippen LogP) is 6.68. The molecular weight excluding hydrogens is 568 g/mol. The molecule has 230 valence electrons. The fourth-order valence-electron chi connectivity index (χ4n) is 4.17. The molecule has 1 N–H and O–H groups in total. The first-order valence-electron chi connectivity index (χ1n) is 13.8. The monoisotopic (exact) mass is 612 g/mol. The highest BCUT2D eigenvalue weighted by atomic mass is 35.5. The number of imide groups is 1. The van der Waals surface area contributed by atoms with Crippen molar-refractivity contribution < 1.29 is 33.3 Å². The molecule has 0 saturated carbocycles. The van der Waals surface area contributed by atoms with E-state index >= 15 is 0 Å². The normalized spacial score (nSPS) is 22.2. The summed E-state index contributed by atoms with van der Waals surface area (Å²) < 4.78 is 25.9. The number of amides is 2. The van der Waals surface area contributed by atoms with Gasteiger partial charge in [-0.3, -0.25) is 4.57 Å². The molecule has 2 aromatic heterocycles. The van der Waals surface area contributed by atoms with Crippen molar-refractivity contribution in [3.8, 4) is 0 Å². The minimum atomic E-state index is -2.26. The van der Waals surface area contributed by atoms with E-state index in [1.807, 2.05) is 6.92 Å². The van der Waals surface area contributed by atoms with Crippen molar-refractivity contribution in [3.63, 3.8) is 0 Å². The Morgan fingerprint density at radius 2 is 1.61 bits per heavy atom. The van der Waals surface area contributed by atoms with Gasteiger partial charge in [0.15, 0.2) is 20.2 Å². The zero-order chi connectivity index (χ0) is 31.3. The molecule has 1 aliphatic heterocycles. The second-order valence-corrected chi connectivity index (χ2v) is 19.2. The summed E-state index contributed by atoms with van der Waals surface area (Å²) in [6.07, 6.45) is -1.99. The summed E-state index contributed by atoms with van der Waals surface area (Å²) >= 11 is 6.48. The number of anilines is 1. The maximum absolute atomic E-state index is 13.4. The minimum absolute atomic E-state index is 0.0120. The van der Waals surface area contributed by atoms with E-state index in [2.05, 4.69) is 43.8 Å². The summed E-state index contributed by atoms with van der Waals surface area (Å²) in [5.74, 6) is -0.143. The standard InChI is InChI=1S/C28H45ClN4O7Si/c1-16-18(14-34)37-23(21(16)40-41(11,12)28(8,9)10)32-15-30-20-17(13-19(29)31-22(20)32)33(24(35)38-26(2,3)4)25(36)39-27(5,6)7/h13,15-16,18,21,23,34H,14H2,1-12H3/t16-,18+,21+,23+/m0/s1. The van der Waals surface area contributed by atoms with Gasteiger partial charge in [0.1, 0.15) is 21.9 Å². The number of fused-ring (bicyclic) bond motifs is 1. The molecule has 0 unspecified atom stereocenters. The van der Waals surface area contributed by atoms with E-state index < -0.39 is 50.1 Å². The van der Waals surface area contributed by atoms with Gasteiger partial charge in [0.25, 0.3) is 0 Å². The number of aromatic nitrogens is 3. The quantitative estimate of drug-likeness (QED) is 0.291. The first-order chi connectivity index (χ1) is 18.6. The molecule has 0 bridgehead atoms. The third-order valence-electron chi connectivity index (χ3n) is 7.26. The van der Waals surface area contributed by atoms with E-state index in [9.17, 15) is 14.7 Å². The Bertz CT molecular complexity index is 1250. The molecule has 2 aromatic rings. The van der Waals surface area contributed by atoms with Crippen molar-refractivity contribution in [2.24, 2.45) is 5.92 Å². The van der Waals surface area contributed by atoms with Gasteiger partial charge in [-0.05, 0) is 59.7 Å². The van der Waals surface area contributed by atoms with Crippen LogP contribution in [0.25, 0.3) is 11.2 Å². The van der Waals surface area contributed by atoms with Gasteiger partial charge in [0.05, 0.1) is 30.8 Å². The van der Waals surface area contributed by atoms with Crippen LogP contribution in [0.5, 0.6) is 0 Å². The molecule has 11 nitrogen and oxygen atoms in total. The van der Waals surface area contributed by atoms with Crippen molar-refractivity contribution in [1.29, 1.82) is 0 Å². The number of ether oxygens (including phenoxy) is 3. The molecule has 4 atom stereocenters. The van der Waals surface area contributed by atoms with Crippen molar-refractivity contribution >= 4 is 49.0 Å². The van der Waals surface area contributed by atoms with Crippen LogP contribution >= 0.6 is 11.6 Å². The van der Waals surface area contributed by atoms with Crippen molar-refractivity contribution in [3.05, 3.63) is 17.5 Å². The summed E-state index contributed by atoms with van der Waals surface area (Å²) in [6.45, 7) is 22.7. The minimum Gasteiger partial charge on any atom is -0.443 e. The summed E-state index contributed by atoms with van der Waals surface area (Å²) in [5.41, 5.74) is -1.26. The second-order valence-electron chi connectivity index (χ2n) is 14.0. The first kappa shape index (κ1) is 33.3. The molecule has 3 rings (SSSR count). The zero-order valence-electron chi connectivity index (χ0n) is 26.2. The number of aliphatic hydroxyl groups excluding tert-OH is 1. The first-order valence-corrected chi connectivity index (χ1v) is 17.1. The third kappa shape index (κ3) is 7.40. The van der Waals surface area contributed by atoms with E-state index in [4.69, 9.17) is 30.2 Å². The summed E-state index contributed by atoms with van der Waals surface area (Å²) in [7, 11) is -2.26. The predicted molar refractivity (Wildman–Crippen MR) is 160 cm³/mol. The van der Waals surface area contributed by atoms with Gasteiger partial charge in [0, 0.05) is 12.0 Å². The maximum Gasteiger partial charge on any atom is 0.424 e. The number of hydrogen-bond donors (Lipinski definition) is 1. The van der Waals surface area contributed by atoms with Gasteiger partial charge in [-0.15, -0.1) is 0 Å². The summed E-state index contributed by atoms with van der Waals surface area (Å²) in [5, 5.41) is 10.0. The largest absolute Gasteiger partial charge is 0.443 e. The van der Waals surface area contributed by atoms with Gasteiger partial charge in [0.2, 0.25) is 0 Å². The van der Waals surface area contributed by atoms with E-state index in [-0.39, 0.29) is 39.6 Å². The third-order valence-corrected chi connectivity index (χ3v) is 11.9. The number of nitrogens with zero attached hydrogens (tertiary/aromatic N) is 4. The Balaban J connectivity index is 2.17. The molecule has 3 heterocycles. The average Bonchev–Trinajstić information content (AvgIpc) is 3.31. The highest BCUT2D eigenvalue weighted by Crippen LogP contribution is 2.44. The number of carbonyl (C=O) groups excluding carboxylic acids is 2. The van der Waals surface area contributed by atoms with Crippen molar-refractivity contribution in [1.82, 2.24) is 14.5 Å². The topological polar surface area (TPSA) is 125 Å². The summed E-state index contributed by atoms with van der Waals surface area (Å²) in [4.78, 5) is 36.5. The Hall–Kier alpha value is -2.25. The Morgan fingerprint density at radius 1 is 1.07 bits per heavy atom. The van der Waals surface area contributed by atoms with Gasteiger partial charge >= 0.3 is 12.2 Å². The molecule has 1 fully saturated rings. The van der Waals surface area contributed by atoms with Crippen LogP contribution in [-0.4, -0.2) is 70.2 Å². The number of halogens is 1. The Morgan fingerprint density at radius 3 is 2.07 bits per heavy atom. The van der Waals surface area contributed by atoms with E-state index in [0.29, 0.717) is 0 Å².